The van der Waals surface area contributed by atoms with Crippen molar-refractivity contribution in [3.8, 4) is 5.75 Å². The number of aliphatic hydroxyl groups is 1. The standard InChI is InChI=1S/C17H26N2O3/c1-3-16(12-4-10-15(22-2)11-5-12)19-17(21)18-13-6-8-14(20)9-7-13/h4-5,10-11,13-14,16,20H,3,6-9H2,1-2H3,(H2,18,19,21). The average Bonchev–Trinajstić information content (AvgIpc) is 2.55. The van der Waals surface area contributed by atoms with E-state index in [4.69, 9.17) is 4.74 Å². The number of benzene rings is 1. The van der Waals surface area contributed by atoms with E-state index in [0.29, 0.717) is 0 Å². The largest absolute Gasteiger partial charge is 0.497 e. The highest BCUT2D eigenvalue weighted by Crippen LogP contribution is 2.21. The normalized spacial score (nSPS) is 22.7. The fraction of sp³-hybridized carbons (Fsp3) is 0.588. The number of aliphatic hydroxyl groups excluding tert-OH is 1. The second kappa shape index (κ2) is 8.03. The highest BCUT2D eigenvalue weighted by Gasteiger charge is 2.21. The Kier molecular flexibility index (Phi) is 6.07. The fourth-order valence-corrected chi connectivity index (χ4v) is 2.86. The molecule has 0 radical (unpaired) electrons. The number of nitrogens with one attached hydrogen (secondary N) is 2. The molecule has 0 spiro atoms. The number of hydrogen-bond acceptors (Lipinski definition) is 3. The number of ether oxygens (including phenoxy) is 1. The number of carbonyl (C=O) groups is 1. The van der Waals surface area contributed by atoms with Crippen LogP contribution in [0.25, 0.3) is 0 Å². The number of hydrogen-bond donors (Lipinski definition) is 3. The quantitative estimate of drug-likeness (QED) is 0.783. The lowest BCUT2D eigenvalue weighted by Crippen LogP contribution is -2.45. The zero-order valence-electron chi connectivity index (χ0n) is 13.3. The third kappa shape index (κ3) is 4.63. The van der Waals surface area contributed by atoms with Crippen molar-refractivity contribution in [3.05, 3.63) is 29.8 Å². The second-order valence-electron chi connectivity index (χ2n) is 5.86. The molecular formula is C17H26N2O3. The number of methoxy groups -OCH3 is 1. The van der Waals surface area contributed by atoms with E-state index in [1.54, 1.807) is 7.11 Å². The molecule has 0 heterocycles. The van der Waals surface area contributed by atoms with Gasteiger partial charge in [-0.2, -0.15) is 0 Å². The van der Waals surface area contributed by atoms with Crippen molar-refractivity contribution in [1.29, 1.82) is 0 Å². The first kappa shape index (κ1) is 16.6. The predicted octanol–water partition coefficient (Wildman–Crippen LogP) is 2.75. The molecule has 1 aliphatic carbocycles. The molecule has 1 aliphatic rings. The van der Waals surface area contributed by atoms with Crippen LogP contribution in [0.2, 0.25) is 0 Å². The molecule has 5 nitrogen and oxygen atoms in total. The van der Waals surface area contributed by atoms with Gasteiger partial charge in [0.05, 0.1) is 19.3 Å². The smallest absolute Gasteiger partial charge is 0.315 e. The topological polar surface area (TPSA) is 70.6 Å². The molecule has 2 amide bonds. The molecule has 1 fully saturated rings. The Bertz CT molecular complexity index is 467. The van der Waals surface area contributed by atoms with E-state index in [1.807, 2.05) is 31.2 Å². The summed E-state index contributed by atoms with van der Waals surface area (Å²) in [5.74, 6) is 0.809. The Hall–Kier alpha value is -1.75. The molecule has 2 rings (SSSR count). The molecule has 22 heavy (non-hydrogen) atoms. The van der Waals surface area contributed by atoms with Gasteiger partial charge in [-0.05, 0) is 49.8 Å². The Morgan fingerprint density at radius 1 is 1.27 bits per heavy atom. The van der Waals surface area contributed by atoms with Crippen LogP contribution in [0, 0.1) is 0 Å². The molecule has 122 valence electrons. The first-order valence-electron chi connectivity index (χ1n) is 8.01. The van der Waals surface area contributed by atoms with E-state index in [0.717, 1.165) is 43.4 Å². The molecule has 1 aromatic rings. The minimum absolute atomic E-state index is 0.0138. The van der Waals surface area contributed by atoms with Gasteiger partial charge in [0.25, 0.3) is 0 Å². The first-order valence-corrected chi connectivity index (χ1v) is 8.01. The van der Waals surface area contributed by atoms with Gasteiger partial charge < -0.3 is 20.5 Å². The van der Waals surface area contributed by atoms with Crippen LogP contribution in [0.3, 0.4) is 0 Å². The maximum absolute atomic E-state index is 12.1. The van der Waals surface area contributed by atoms with Gasteiger partial charge in [-0.1, -0.05) is 19.1 Å². The lowest BCUT2D eigenvalue weighted by atomic mass is 9.93. The summed E-state index contributed by atoms with van der Waals surface area (Å²) >= 11 is 0. The SMILES string of the molecule is CCC(NC(=O)NC1CCC(O)CC1)c1ccc(OC)cc1. The lowest BCUT2D eigenvalue weighted by molar-refractivity contribution is 0.117. The summed E-state index contributed by atoms with van der Waals surface area (Å²) in [6, 6.07) is 7.77. The predicted molar refractivity (Wildman–Crippen MR) is 86.0 cm³/mol. The van der Waals surface area contributed by atoms with Crippen molar-refractivity contribution in [2.24, 2.45) is 0 Å². The van der Waals surface area contributed by atoms with Gasteiger partial charge in [-0.3, -0.25) is 0 Å². The maximum Gasteiger partial charge on any atom is 0.315 e. The van der Waals surface area contributed by atoms with E-state index in [-0.39, 0.29) is 24.2 Å². The van der Waals surface area contributed by atoms with Crippen LogP contribution in [-0.2, 0) is 0 Å². The zero-order chi connectivity index (χ0) is 15.9. The summed E-state index contributed by atoms with van der Waals surface area (Å²) in [6.07, 6.45) is 3.83. The number of carbonyl (C=O) groups excluding carboxylic acids is 1. The molecule has 1 aromatic carbocycles. The molecule has 0 saturated heterocycles. The van der Waals surface area contributed by atoms with Crippen LogP contribution in [0.15, 0.2) is 24.3 Å². The molecule has 1 atom stereocenters. The highest BCUT2D eigenvalue weighted by atomic mass is 16.5. The van der Waals surface area contributed by atoms with Gasteiger partial charge in [0, 0.05) is 6.04 Å². The van der Waals surface area contributed by atoms with Crippen LogP contribution in [-0.4, -0.2) is 30.4 Å². The highest BCUT2D eigenvalue weighted by molar-refractivity contribution is 5.74. The first-order chi connectivity index (χ1) is 10.6. The van der Waals surface area contributed by atoms with E-state index >= 15 is 0 Å². The lowest BCUT2D eigenvalue weighted by Gasteiger charge is -2.27. The second-order valence-corrected chi connectivity index (χ2v) is 5.86. The third-order valence-electron chi connectivity index (χ3n) is 4.26. The summed E-state index contributed by atoms with van der Waals surface area (Å²) < 4.78 is 5.15. The zero-order valence-corrected chi connectivity index (χ0v) is 13.3. The van der Waals surface area contributed by atoms with Crippen LogP contribution in [0.4, 0.5) is 4.79 Å². The fourth-order valence-electron chi connectivity index (χ4n) is 2.86. The molecular weight excluding hydrogens is 280 g/mol. The molecule has 0 bridgehead atoms. The summed E-state index contributed by atoms with van der Waals surface area (Å²) in [5.41, 5.74) is 1.07. The van der Waals surface area contributed by atoms with Crippen molar-refractivity contribution in [2.45, 2.75) is 57.2 Å². The van der Waals surface area contributed by atoms with Gasteiger partial charge in [0.2, 0.25) is 0 Å². The van der Waals surface area contributed by atoms with Crippen LogP contribution in [0.5, 0.6) is 5.75 Å². The maximum atomic E-state index is 12.1. The van der Waals surface area contributed by atoms with Crippen LogP contribution < -0.4 is 15.4 Å². The summed E-state index contributed by atoms with van der Waals surface area (Å²) in [7, 11) is 1.64. The molecule has 1 unspecified atom stereocenters. The van der Waals surface area contributed by atoms with Gasteiger partial charge in [-0.15, -0.1) is 0 Å². The Morgan fingerprint density at radius 3 is 2.45 bits per heavy atom. The Morgan fingerprint density at radius 2 is 1.91 bits per heavy atom. The van der Waals surface area contributed by atoms with E-state index in [9.17, 15) is 9.90 Å². The average molecular weight is 306 g/mol. The van der Waals surface area contributed by atoms with Crippen molar-refractivity contribution in [2.75, 3.05) is 7.11 Å². The molecule has 1 saturated carbocycles. The minimum Gasteiger partial charge on any atom is -0.497 e. The Labute approximate surface area is 132 Å². The molecule has 5 heteroatoms. The number of amides is 2. The van der Waals surface area contributed by atoms with E-state index in [2.05, 4.69) is 10.6 Å². The van der Waals surface area contributed by atoms with Crippen LogP contribution >= 0.6 is 0 Å². The van der Waals surface area contributed by atoms with Crippen molar-refractivity contribution in [3.63, 3.8) is 0 Å². The van der Waals surface area contributed by atoms with Gasteiger partial charge >= 0.3 is 6.03 Å². The minimum atomic E-state index is -0.205. The molecule has 0 aliphatic heterocycles. The van der Waals surface area contributed by atoms with Crippen molar-refractivity contribution >= 4 is 6.03 Å². The van der Waals surface area contributed by atoms with Gasteiger partial charge in [-0.25, -0.2) is 4.79 Å². The van der Waals surface area contributed by atoms with Crippen molar-refractivity contribution in [1.82, 2.24) is 10.6 Å². The van der Waals surface area contributed by atoms with E-state index in [1.165, 1.54) is 0 Å². The summed E-state index contributed by atoms with van der Waals surface area (Å²) in [4.78, 5) is 12.1. The monoisotopic (exact) mass is 306 g/mol. The van der Waals surface area contributed by atoms with Gasteiger partial charge in [0.15, 0.2) is 0 Å². The number of urea groups is 1. The van der Waals surface area contributed by atoms with Crippen LogP contribution in [0.1, 0.15) is 50.6 Å². The third-order valence-corrected chi connectivity index (χ3v) is 4.26. The summed E-state index contributed by atoms with van der Waals surface area (Å²) in [6.45, 7) is 2.05. The molecule has 0 aromatic heterocycles. The van der Waals surface area contributed by atoms with Crippen molar-refractivity contribution < 1.29 is 14.6 Å². The van der Waals surface area contributed by atoms with E-state index < -0.39 is 0 Å². The molecule has 3 N–H and O–H groups in total. The Balaban J connectivity index is 1.87. The summed E-state index contributed by atoms with van der Waals surface area (Å²) in [5, 5.41) is 15.5. The van der Waals surface area contributed by atoms with Gasteiger partial charge in [0.1, 0.15) is 5.75 Å². The number of rotatable bonds is 5.